The molecule has 0 aromatic carbocycles. The van der Waals surface area contributed by atoms with Crippen molar-refractivity contribution in [3.63, 3.8) is 0 Å². The fourth-order valence-corrected chi connectivity index (χ4v) is 4.24. The third-order valence-electron chi connectivity index (χ3n) is 5.83. The minimum Gasteiger partial charge on any atom is -0.385 e. The van der Waals surface area contributed by atoms with E-state index in [9.17, 15) is 4.79 Å². The van der Waals surface area contributed by atoms with Crippen LogP contribution in [0.15, 0.2) is 4.99 Å². The van der Waals surface area contributed by atoms with E-state index in [2.05, 4.69) is 27.9 Å². The first kappa shape index (κ1) is 21.0. The summed E-state index contributed by atoms with van der Waals surface area (Å²) in [6.45, 7) is 4.74. The predicted molar refractivity (Wildman–Crippen MR) is 106 cm³/mol. The molecule has 2 aliphatic rings. The zero-order valence-electron chi connectivity index (χ0n) is 16.7. The van der Waals surface area contributed by atoms with Gasteiger partial charge in [0.05, 0.1) is 0 Å². The SMILES string of the molecule is CCNC(=NCC(=O)NC1CCCCC1)NCC1(CCOC)CCCC1. The Morgan fingerprint density at radius 1 is 1.12 bits per heavy atom. The van der Waals surface area contributed by atoms with Crippen LogP contribution in [0.5, 0.6) is 0 Å². The number of carbonyl (C=O) groups excluding carboxylic acids is 1. The summed E-state index contributed by atoms with van der Waals surface area (Å²) >= 11 is 0. The van der Waals surface area contributed by atoms with Crippen molar-refractivity contribution in [1.82, 2.24) is 16.0 Å². The molecule has 0 unspecified atom stereocenters. The molecule has 2 rings (SSSR count). The van der Waals surface area contributed by atoms with E-state index in [1.54, 1.807) is 7.11 Å². The van der Waals surface area contributed by atoms with Crippen LogP contribution in [0.4, 0.5) is 0 Å². The van der Waals surface area contributed by atoms with Crippen molar-refractivity contribution < 1.29 is 9.53 Å². The standard InChI is InChI=1S/C20H38N4O2/c1-3-21-19(22-15-18(25)24-17-9-5-4-6-10-17)23-16-20(13-14-26-2)11-7-8-12-20/h17H,3-16H2,1-2H3,(H,24,25)(H2,21,22,23). The maximum atomic E-state index is 12.2. The Hall–Kier alpha value is -1.30. The Morgan fingerprint density at radius 3 is 2.50 bits per heavy atom. The fraction of sp³-hybridized carbons (Fsp3) is 0.900. The zero-order valence-corrected chi connectivity index (χ0v) is 16.7. The number of nitrogens with one attached hydrogen (secondary N) is 3. The van der Waals surface area contributed by atoms with Crippen LogP contribution in [-0.4, -0.2) is 51.3 Å². The average molecular weight is 367 g/mol. The summed E-state index contributed by atoms with van der Waals surface area (Å²) in [5.74, 6) is 0.777. The summed E-state index contributed by atoms with van der Waals surface area (Å²) in [7, 11) is 1.77. The topological polar surface area (TPSA) is 74.8 Å². The van der Waals surface area contributed by atoms with Crippen LogP contribution in [0, 0.1) is 5.41 Å². The van der Waals surface area contributed by atoms with Crippen LogP contribution < -0.4 is 16.0 Å². The molecule has 0 bridgehead atoms. The number of aliphatic imine (C=N–C) groups is 1. The summed E-state index contributed by atoms with van der Waals surface area (Å²) in [5.41, 5.74) is 0.302. The molecular weight excluding hydrogens is 328 g/mol. The minimum atomic E-state index is 0.0315. The van der Waals surface area contributed by atoms with Crippen molar-refractivity contribution in [1.29, 1.82) is 0 Å². The number of carbonyl (C=O) groups is 1. The van der Waals surface area contributed by atoms with E-state index in [-0.39, 0.29) is 12.5 Å². The molecule has 150 valence electrons. The lowest BCUT2D eigenvalue weighted by atomic mass is 9.83. The Bertz CT molecular complexity index is 441. The lowest BCUT2D eigenvalue weighted by Gasteiger charge is -2.30. The Kier molecular flexibility index (Phi) is 9.23. The van der Waals surface area contributed by atoms with Crippen LogP contribution in [0.25, 0.3) is 0 Å². The molecule has 3 N–H and O–H groups in total. The number of ether oxygens (including phenoxy) is 1. The van der Waals surface area contributed by atoms with Gasteiger partial charge < -0.3 is 20.7 Å². The first-order chi connectivity index (χ1) is 12.7. The Balaban J connectivity index is 1.81. The molecule has 0 saturated heterocycles. The first-order valence-electron chi connectivity index (χ1n) is 10.5. The average Bonchev–Trinajstić information content (AvgIpc) is 3.12. The molecule has 0 spiro atoms. The quantitative estimate of drug-likeness (QED) is 0.433. The second-order valence-corrected chi connectivity index (χ2v) is 7.90. The first-order valence-corrected chi connectivity index (χ1v) is 10.5. The molecule has 6 nitrogen and oxygen atoms in total. The number of guanidine groups is 1. The summed E-state index contributed by atoms with van der Waals surface area (Å²) in [6, 6.07) is 0.345. The van der Waals surface area contributed by atoms with Gasteiger partial charge in [-0.1, -0.05) is 32.1 Å². The van der Waals surface area contributed by atoms with E-state index in [0.717, 1.165) is 44.9 Å². The van der Waals surface area contributed by atoms with Gasteiger partial charge in [0.15, 0.2) is 5.96 Å². The second kappa shape index (κ2) is 11.4. The molecule has 0 aliphatic heterocycles. The van der Waals surface area contributed by atoms with E-state index in [0.29, 0.717) is 11.5 Å². The molecule has 2 fully saturated rings. The Morgan fingerprint density at radius 2 is 1.85 bits per heavy atom. The zero-order chi connectivity index (χ0) is 18.7. The second-order valence-electron chi connectivity index (χ2n) is 7.90. The van der Waals surface area contributed by atoms with Gasteiger partial charge >= 0.3 is 0 Å². The number of rotatable bonds is 9. The molecule has 0 heterocycles. The Labute approximate surface area is 158 Å². The van der Waals surface area contributed by atoms with E-state index in [4.69, 9.17) is 4.74 Å². The third-order valence-corrected chi connectivity index (χ3v) is 5.83. The third kappa shape index (κ3) is 7.14. The van der Waals surface area contributed by atoms with E-state index in [1.807, 2.05) is 0 Å². The molecule has 0 aromatic rings. The van der Waals surface area contributed by atoms with Crippen LogP contribution in [0.2, 0.25) is 0 Å². The lowest BCUT2D eigenvalue weighted by molar-refractivity contribution is -0.120. The van der Waals surface area contributed by atoms with Crippen molar-refractivity contribution in [2.24, 2.45) is 10.4 Å². The summed E-state index contributed by atoms with van der Waals surface area (Å²) < 4.78 is 5.31. The van der Waals surface area contributed by atoms with Crippen LogP contribution in [0.1, 0.15) is 71.1 Å². The van der Waals surface area contributed by atoms with Gasteiger partial charge in [-0.25, -0.2) is 4.99 Å². The smallest absolute Gasteiger partial charge is 0.242 e. The monoisotopic (exact) mass is 366 g/mol. The maximum Gasteiger partial charge on any atom is 0.242 e. The van der Waals surface area contributed by atoms with Gasteiger partial charge in [-0.2, -0.15) is 0 Å². The molecule has 0 atom stereocenters. The van der Waals surface area contributed by atoms with Gasteiger partial charge in [0.25, 0.3) is 0 Å². The van der Waals surface area contributed by atoms with Gasteiger partial charge in [-0.15, -0.1) is 0 Å². The van der Waals surface area contributed by atoms with Crippen molar-refractivity contribution in [2.75, 3.05) is 33.4 Å². The number of methoxy groups -OCH3 is 1. The highest BCUT2D eigenvalue weighted by Gasteiger charge is 2.33. The van der Waals surface area contributed by atoms with Crippen LogP contribution in [-0.2, 0) is 9.53 Å². The van der Waals surface area contributed by atoms with Crippen LogP contribution in [0.3, 0.4) is 0 Å². The normalized spacial score (nSPS) is 20.8. The molecule has 1 amide bonds. The van der Waals surface area contributed by atoms with Gasteiger partial charge in [-0.05, 0) is 44.4 Å². The molecule has 2 aliphatic carbocycles. The summed E-state index contributed by atoms with van der Waals surface area (Å²) in [6.07, 6.45) is 12.1. The van der Waals surface area contributed by atoms with Crippen molar-refractivity contribution in [2.45, 2.75) is 77.2 Å². The minimum absolute atomic E-state index is 0.0315. The molecule has 6 heteroatoms. The molecule has 2 saturated carbocycles. The summed E-state index contributed by atoms with van der Waals surface area (Å²) in [5, 5.41) is 9.87. The number of amides is 1. The van der Waals surface area contributed by atoms with E-state index in [1.165, 1.54) is 44.9 Å². The number of nitrogens with zero attached hydrogens (tertiary/aromatic N) is 1. The largest absolute Gasteiger partial charge is 0.385 e. The predicted octanol–water partition coefficient (Wildman–Crippen LogP) is 2.59. The molecular formula is C20H38N4O2. The molecule has 26 heavy (non-hydrogen) atoms. The van der Waals surface area contributed by atoms with Gasteiger partial charge in [0.2, 0.25) is 5.91 Å². The molecule has 0 aromatic heterocycles. The highest BCUT2D eigenvalue weighted by molar-refractivity contribution is 5.85. The van der Waals surface area contributed by atoms with Crippen LogP contribution >= 0.6 is 0 Å². The van der Waals surface area contributed by atoms with E-state index >= 15 is 0 Å². The number of hydrogen-bond acceptors (Lipinski definition) is 3. The summed E-state index contributed by atoms with van der Waals surface area (Å²) in [4.78, 5) is 16.7. The number of hydrogen-bond donors (Lipinski definition) is 3. The lowest BCUT2D eigenvalue weighted by Crippen LogP contribution is -2.44. The van der Waals surface area contributed by atoms with Crippen molar-refractivity contribution >= 4 is 11.9 Å². The highest BCUT2D eigenvalue weighted by atomic mass is 16.5. The van der Waals surface area contributed by atoms with Gasteiger partial charge in [0.1, 0.15) is 6.54 Å². The highest BCUT2D eigenvalue weighted by Crippen LogP contribution is 2.40. The van der Waals surface area contributed by atoms with Crippen molar-refractivity contribution in [3.05, 3.63) is 0 Å². The maximum absolute atomic E-state index is 12.2. The fourth-order valence-electron chi connectivity index (χ4n) is 4.24. The van der Waals surface area contributed by atoms with Gasteiger partial charge in [0, 0.05) is 32.8 Å². The van der Waals surface area contributed by atoms with E-state index < -0.39 is 0 Å². The van der Waals surface area contributed by atoms with Gasteiger partial charge in [-0.3, -0.25) is 4.79 Å². The van der Waals surface area contributed by atoms with Crippen molar-refractivity contribution in [3.8, 4) is 0 Å². The molecule has 0 radical (unpaired) electrons.